The number of hydrogen-bond donors (Lipinski definition) is 7. The summed E-state index contributed by atoms with van der Waals surface area (Å²) >= 11 is 0. The van der Waals surface area contributed by atoms with E-state index in [1.165, 1.54) is 25.7 Å². The number of nitrogens with zero attached hydrogens (tertiary/aromatic N) is 2. The maximum Gasteiger partial charge on any atom is 0.393 e. The van der Waals surface area contributed by atoms with E-state index in [9.17, 15) is 13.2 Å². The van der Waals surface area contributed by atoms with Crippen LogP contribution in [-0.2, 0) is 0 Å². The number of hydrogen-bond acceptors (Lipinski definition) is 9. The highest BCUT2D eigenvalue weighted by Crippen LogP contribution is 2.36. The van der Waals surface area contributed by atoms with Crippen molar-refractivity contribution in [2.24, 2.45) is 23.7 Å². The van der Waals surface area contributed by atoms with Crippen molar-refractivity contribution in [1.82, 2.24) is 47.9 Å². The molecule has 5 aliphatic rings. The molecule has 0 radical (unpaired) electrons. The molecule has 4 unspecified atom stereocenters. The molecule has 0 spiro atoms. The zero-order valence-electron chi connectivity index (χ0n) is 19.3. The van der Waals surface area contributed by atoms with Gasteiger partial charge in [0.05, 0.1) is 18.2 Å². The summed E-state index contributed by atoms with van der Waals surface area (Å²) in [5.74, 6) is 0.760. The molecule has 33 heavy (non-hydrogen) atoms. The minimum atomic E-state index is -4.07. The first-order valence-corrected chi connectivity index (χ1v) is 12.7. The van der Waals surface area contributed by atoms with Gasteiger partial charge in [-0.3, -0.25) is 15.8 Å². The molecule has 5 rings (SSSR count). The summed E-state index contributed by atoms with van der Waals surface area (Å²) in [6, 6.07) is 0.518. The van der Waals surface area contributed by atoms with E-state index in [-0.39, 0.29) is 19.1 Å². The second kappa shape index (κ2) is 10.6. The summed E-state index contributed by atoms with van der Waals surface area (Å²) in [5.41, 5.74) is 19.3. The predicted molar refractivity (Wildman–Crippen MR) is 119 cm³/mol. The lowest BCUT2D eigenvalue weighted by atomic mass is 9.74. The second-order valence-electron chi connectivity index (χ2n) is 10.6. The smallest absolute Gasteiger partial charge is 0.301 e. The predicted octanol–water partition coefficient (Wildman–Crippen LogP) is -0.166. The number of nitrogens with one attached hydrogen (secondary N) is 7. The van der Waals surface area contributed by atoms with Crippen molar-refractivity contribution in [3.63, 3.8) is 0 Å². The Balaban J connectivity index is 1.04. The van der Waals surface area contributed by atoms with Crippen LogP contribution in [0.5, 0.6) is 0 Å². The van der Waals surface area contributed by atoms with Crippen LogP contribution >= 0.6 is 0 Å². The molecule has 12 heteroatoms. The Kier molecular flexibility index (Phi) is 7.74. The Morgan fingerprint density at radius 2 is 1.45 bits per heavy atom. The summed E-state index contributed by atoms with van der Waals surface area (Å²) < 4.78 is 38.8. The van der Waals surface area contributed by atoms with Gasteiger partial charge in [-0.2, -0.15) is 24.2 Å². The van der Waals surface area contributed by atoms with Crippen LogP contribution in [0.25, 0.3) is 0 Å². The maximum absolute atomic E-state index is 12.9. The molecular formula is C21H40F3N9. The van der Waals surface area contributed by atoms with Crippen LogP contribution in [0.4, 0.5) is 13.2 Å². The zero-order valence-corrected chi connectivity index (χ0v) is 19.3. The lowest BCUT2D eigenvalue weighted by Gasteiger charge is -2.43. The minimum absolute atomic E-state index is 0.0532. The van der Waals surface area contributed by atoms with Crippen LogP contribution < -0.4 is 38.1 Å². The third kappa shape index (κ3) is 5.81. The average molecular weight is 476 g/mol. The van der Waals surface area contributed by atoms with E-state index in [4.69, 9.17) is 0 Å². The highest BCUT2D eigenvalue weighted by Gasteiger charge is 2.43. The first-order chi connectivity index (χ1) is 16.0. The van der Waals surface area contributed by atoms with Crippen molar-refractivity contribution >= 4 is 0 Å². The summed E-state index contributed by atoms with van der Waals surface area (Å²) in [5, 5.41) is 3.16. The molecule has 0 aromatic carbocycles. The first kappa shape index (κ1) is 24.1. The molecule has 1 saturated carbocycles. The van der Waals surface area contributed by atoms with Gasteiger partial charge in [0.15, 0.2) is 0 Å². The Morgan fingerprint density at radius 1 is 0.758 bits per heavy atom. The minimum Gasteiger partial charge on any atom is -0.301 e. The molecule has 7 N–H and O–H groups in total. The monoisotopic (exact) mass is 475 g/mol. The molecule has 5 fully saturated rings. The second-order valence-corrected chi connectivity index (χ2v) is 10.6. The molecule has 0 amide bonds. The quantitative estimate of drug-likeness (QED) is 0.293. The molecule has 1 aliphatic carbocycles. The Bertz CT molecular complexity index is 609. The van der Waals surface area contributed by atoms with Crippen molar-refractivity contribution in [3.05, 3.63) is 0 Å². The summed E-state index contributed by atoms with van der Waals surface area (Å²) in [7, 11) is 0. The van der Waals surface area contributed by atoms with Crippen molar-refractivity contribution < 1.29 is 13.2 Å². The topological polar surface area (TPSA) is 90.7 Å². The molecule has 190 valence electrons. The van der Waals surface area contributed by atoms with E-state index in [2.05, 4.69) is 47.9 Å². The highest BCUT2D eigenvalue weighted by atomic mass is 19.4. The number of halogens is 3. The van der Waals surface area contributed by atoms with Crippen LogP contribution in [-0.4, -0.2) is 80.2 Å². The van der Waals surface area contributed by atoms with E-state index in [0.717, 1.165) is 39.3 Å². The maximum atomic E-state index is 12.9. The fraction of sp³-hybridized carbons (Fsp3) is 1.00. The molecule has 4 atom stereocenters. The van der Waals surface area contributed by atoms with Gasteiger partial charge in [0.25, 0.3) is 0 Å². The molecule has 0 bridgehead atoms. The fourth-order valence-electron chi connectivity index (χ4n) is 6.59. The number of piperidine rings is 1. The molecule has 0 aromatic rings. The highest BCUT2D eigenvalue weighted by molar-refractivity contribution is 4.94. The molecule has 9 nitrogen and oxygen atoms in total. The Hall–Kier alpha value is -0.570. The van der Waals surface area contributed by atoms with E-state index >= 15 is 0 Å². The number of piperazine rings is 1. The summed E-state index contributed by atoms with van der Waals surface area (Å²) in [6.45, 7) is 6.01. The van der Waals surface area contributed by atoms with Gasteiger partial charge < -0.3 is 10.2 Å². The van der Waals surface area contributed by atoms with E-state index < -0.39 is 12.1 Å². The van der Waals surface area contributed by atoms with Gasteiger partial charge >= 0.3 is 6.18 Å². The van der Waals surface area contributed by atoms with Gasteiger partial charge in [-0.15, -0.1) is 0 Å². The largest absolute Gasteiger partial charge is 0.393 e. The summed E-state index contributed by atoms with van der Waals surface area (Å²) in [4.78, 5) is 4.90. The SMILES string of the molecule is FC(F)(F)C1CCC(N2CCN(CC3CNNC3C3CCC(C4NNNN4)CC3)CC2)NC1. The Labute approximate surface area is 194 Å². The molecule has 4 aliphatic heterocycles. The van der Waals surface area contributed by atoms with Gasteiger partial charge in [-0.25, -0.2) is 10.9 Å². The van der Waals surface area contributed by atoms with Crippen LogP contribution in [0.3, 0.4) is 0 Å². The normalized spacial score (nSPS) is 40.5. The van der Waals surface area contributed by atoms with Gasteiger partial charge in [-0.05, 0) is 50.4 Å². The van der Waals surface area contributed by atoms with E-state index in [0.29, 0.717) is 36.4 Å². The van der Waals surface area contributed by atoms with Crippen molar-refractivity contribution in [2.75, 3.05) is 45.8 Å². The van der Waals surface area contributed by atoms with E-state index in [1.54, 1.807) is 0 Å². The van der Waals surface area contributed by atoms with Crippen LogP contribution in [0.1, 0.15) is 38.5 Å². The van der Waals surface area contributed by atoms with Crippen molar-refractivity contribution in [2.45, 2.75) is 63.1 Å². The van der Waals surface area contributed by atoms with Crippen LogP contribution in [0, 0.1) is 23.7 Å². The van der Waals surface area contributed by atoms with Gasteiger partial charge in [0.2, 0.25) is 0 Å². The van der Waals surface area contributed by atoms with Gasteiger partial charge in [0.1, 0.15) is 0 Å². The van der Waals surface area contributed by atoms with Crippen molar-refractivity contribution in [3.8, 4) is 0 Å². The Morgan fingerprint density at radius 3 is 2.09 bits per heavy atom. The average Bonchev–Trinajstić information content (AvgIpc) is 3.52. The third-order valence-corrected chi connectivity index (χ3v) is 8.65. The number of rotatable bonds is 5. The fourth-order valence-corrected chi connectivity index (χ4v) is 6.59. The van der Waals surface area contributed by atoms with Crippen molar-refractivity contribution in [1.29, 1.82) is 0 Å². The third-order valence-electron chi connectivity index (χ3n) is 8.65. The molecule has 4 heterocycles. The summed E-state index contributed by atoms with van der Waals surface area (Å²) in [6.07, 6.45) is 2.10. The van der Waals surface area contributed by atoms with Crippen LogP contribution in [0.2, 0.25) is 0 Å². The molecule has 4 saturated heterocycles. The lowest BCUT2D eigenvalue weighted by Crippen LogP contribution is -2.58. The lowest BCUT2D eigenvalue weighted by molar-refractivity contribution is -0.182. The number of hydrazine groups is 4. The molecular weight excluding hydrogens is 435 g/mol. The van der Waals surface area contributed by atoms with E-state index in [1.807, 2.05) is 0 Å². The molecule has 0 aromatic heterocycles. The van der Waals surface area contributed by atoms with Gasteiger partial charge in [-0.1, -0.05) is 0 Å². The first-order valence-electron chi connectivity index (χ1n) is 12.7. The number of alkyl halides is 3. The zero-order chi connectivity index (χ0) is 22.8. The van der Waals surface area contributed by atoms with Crippen LogP contribution in [0.15, 0.2) is 0 Å². The van der Waals surface area contributed by atoms with Gasteiger partial charge in [0, 0.05) is 57.8 Å². The standard InChI is InChI=1S/C21H40F3N9/c22-21(23,24)17-5-6-18(25-12-17)33-9-7-32(8-10-33)13-16-11-26-27-19(16)14-1-3-15(4-2-14)20-28-30-31-29-20/h14-20,25-31H,1-13H2.